The first-order valence-corrected chi connectivity index (χ1v) is 9.10. The summed E-state index contributed by atoms with van der Waals surface area (Å²) in [4.78, 5) is 24.7. The van der Waals surface area contributed by atoms with Crippen LogP contribution in [0.3, 0.4) is 0 Å². The Kier molecular flexibility index (Phi) is 5.56. The number of hydrogen-bond acceptors (Lipinski definition) is 8. The third-order valence-corrected chi connectivity index (χ3v) is 3.99. The van der Waals surface area contributed by atoms with E-state index in [1.54, 1.807) is 0 Å². The van der Waals surface area contributed by atoms with Crippen LogP contribution in [0.25, 0.3) is 0 Å². The third-order valence-electron chi connectivity index (χ3n) is 3.32. The van der Waals surface area contributed by atoms with Crippen LogP contribution in [0.15, 0.2) is 17.1 Å². The Bertz CT molecular complexity index is 646. The molecule has 0 aliphatic carbocycles. The predicted molar refractivity (Wildman–Crippen MR) is 80.2 cm³/mol. The lowest BCUT2D eigenvalue weighted by Crippen LogP contribution is -2.37. The van der Waals surface area contributed by atoms with E-state index >= 15 is 0 Å². The summed E-state index contributed by atoms with van der Waals surface area (Å²) >= 11 is 0. The fourth-order valence-corrected chi connectivity index (χ4v) is 2.74. The molecule has 11 heteroatoms. The average Bonchev–Trinajstić information content (AvgIpc) is 2.74. The Morgan fingerprint density at radius 1 is 1.57 bits per heavy atom. The molecule has 1 aromatic heterocycles. The van der Waals surface area contributed by atoms with Crippen LogP contribution >= 0.6 is 7.37 Å². The van der Waals surface area contributed by atoms with Gasteiger partial charge in [-0.15, -0.1) is 0 Å². The SMILES string of the molecule is COC1[C@@H](O)[C@@H](COCP(C)(=O)O)O[C@H]1n1ccc(N)nc1=O. The number of hydrogen-bond donors (Lipinski definition) is 3. The summed E-state index contributed by atoms with van der Waals surface area (Å²) < 4.78 is 28.3. The number of nitrogens with two attached hydrogens (primary N) is 1. The van der Waals surface area contributed by atoms with Gasteiger partial charge < -0.3 is 29.9 Å². The molecule has 130 valence electrons. The lowest BCUT2D eigenvalue weighted by molar-refractivity contribution is -0.0686. The van der Waals surface area contributed by atoms with Crippen molar-refractivity contribution >= 4 is 13.2 Å². The first-order chi connectivity index (χ1) is 10.7. The van der Waals surface area contributed by atoms with Gasteiger partial charge in [-0.25, -0.2) is 4.79 Å². The molecule has 2 rings (SSSR count). The van der Waals surface area contributed by atoms with Crippen LogP contribution in [-0.2, 0) is 18.8 Å². The fourth-order valence-electron chi connectivity index (χ4n) is 2.29. The second kappa shape index (κ2) is 7.08. The number of ether oxygens (including phenoxy) is 3. The first kappa shape index (κ1) is 18.1. The zero-order valence-electron chi connectivity index (χ0n) is 12.7. The van der Waals surface area contributed by atoms with Gasteiger partial charge in [-0.05, 0) is 6.07 Å². The number of aromatic nitrogens is 2. The number of rotatable bonds is 6. The summed E-state index contributed by atoms with van der Waals surface area (Å²) in [6, 6.07) is 1.42. The molecular weight excluding hydrogens is 329 g/mol. The molecule has 23 heavy (non-hydrogen) atoms. The Balaban J connectivity index is 2.12. The van der Waals surface area contributed by atoms with Crippen LogP contribution in [0.1, 0.15) is 6.23 Å². The van der Waals surface area contributed by atoms with Gasteiger partial charge in [-0.2, -0.15) is 4.98 Å². The molecule has 0 amide bonds. The van der Waals surface area contributed by atoms with E-state index < -0.39 is 37.6 Å². The Hall–Kier alpha value is -1.29. The molecule has 10 nitrogen and oxygen atoms in total. The summed E-state index contributed by atoms with van der Waals surface area (Å²) in [6.45, 7) is 1.05. The van der Waals surface area contributed by atoms with E-state index in [-0.39, 0.29) is 18.8 Å². The molecule has 4 N–H and O–H groups in total. The predicted octanol–water partition coefficient (Wildman–Crippen LogP) is -1.03. The van der Waals surface area contributed by atoms with E-state index in [1.165, 1.54) is 26.0 Å². The highest BCUT2D eigenvalue weighted by atomic mass is 31.2. The van der Waals surface area contributed by atoms with Gasteiger partial charge in [0.25, 0.3) is 0 Å². The molecule has 0 bridgehead atoms. The van der Waals surface area contributed by atoms with Crippen molar-refractivity contribution in [1.29, 1.82) is 0 Å². The number of nitrogens with zero attached hydrogens (tertiary/aromatic N) is 2. The van der Waals surface area contributed by atoms with Crippen LogP contribution in [0, 0.1) is 0 Å². The maximum atomic E-state index is 11.9. The molecule has 0 radical (unpaired) electrons. The largest absolute Gasteiger partial charge is 0.387 e. The lowest BCUT2D eigenvalue weighted by Gasteiger charge is -2.20. The summed E-state index contributed by atoms with van der Waals surface area (Å²) in [5.41, 5.74) is 4.80. The highest BCUT2D eigenvalue weighted by Crippen LogP contribution is 2.36. The second-order valence-electron chi connectivity index (χ2n) is 5.35. The van der Waals surface area contributed by atoms with Gasteiger partial charge in [-0.3, -0.25) is 9.13 Å². The highest BCUT2D eigenvalue weighted by Gasteiger charge is 2.45. The molecule has 5 atom stereocenters. The van der Waals surface area contributed by atoms with Gasteiger partial charge in [0.05, 0.1) is 6.61 Å². The maximum absolute atomic E-state index is 11.9. The number of nitrogen functional groups attached to an aromatic ring is 1. The van der Waals surface area contributed by atoms with Crippen molar-refractivity contribution in [3.05, 3.63) is 22.7 Å². The van der Waals surface area contributed by atoms with Gasteiger partial charge in [0.15, 0.2) is 6.23 Å². The zero-order chi connectivity index (χ0) is 17.2. The van der Waals surface area contributed by atoms with Crippen LogP contribution in [0.5, 0.6) is 0 Å². The first-order valence-electron chi connectivity index (χ1n) is 6.81. The number of anilines is 1. The van der Waals surface area contributed by atoms with Crippen molar-refractivity contribution in [3.8, 4) is 0 Å². The molecule has 1 fully saturated rings. The summed E-state index contributed by atoms with van der Waals surface area (Å²) in [7, 11) is -1.95. The van der Waals surface area contributed by atoms with E-state index in [2.05, 4.69) is 4.98 Å². The summed E-state index contributed by atoms with van der Waals surface area (Å²) in [5, 5.41) is 10.2. The fraction of sp³-hybridized carbons (Fsp3) is 0.667. The van der Waals surface area contributed by atoms with Crippen LogP contribution in [-0.4, -0.2) is 64.6 Å². The molecule has 1 saturated heterocycles. The smallest absolute Gasteiger partial charge is 0.351 e. The standard InChI is InChI=1S/C12H20N3O7P/c1-20-10-9(16)7(5-21-6-23(2,18)19)22-11(10)15-4-3-8(13)14-12(15)17/h3-4,7,9-11,16H,5-6H2,1-2H3,(H,18,19)(H2,13,14,17)/t7-,9+,10?,11-/m1/s1. The van der Waals surface area contributed by atoms with E-state index in [9.17, 15) is 19.4 Å². The molecule has 1 aliphatic rings. The van der Waals surface area contributed by atoms with Gasteiger partial charge in [-0.1, -0.05) is 0 Å². The minimum atomic E-state index is -3.32. The lowest BCUT2D eigenvalue weighted by atomic mass is 10.1. The van der Waals surface area contributed by atoms with Crippen LogP contribution in [0.4, 0.5) is 5.82 Å². The maximum Gasteiger partial charge on any atom is 0.351 e. The Morgan fingerprint density at radius 2 is 2.26 bits per heavy atom. The van der Waals surface area contributed by atoms with Gasteiger partial charge in [0, 0.05) is 20.0 Å². The van der Waals surface area contributed by atoms with Crippen molar-refractivity contribution in [2.75, 3.05) is 32.5 Å². The molecule has 0 spiro atoms. The number of aliphatic hydroxyl groups is 1. The van der Waals surface area contributed by atoms with Crippen molar-refractivity contribution in [2.45, 2.75) is 24.5 Å². The minimum Gasteiger partial charge on any atom is -0.387 e. The number of methoxy groups -OCH3 is 1. The molecule has 0 aromatic carbocycles. The zero-order valence-corrected chi connectivity index (χ0v) is 13.6. The van der Waals surface area contributed by atoms with Crippen LogP contribution < -0.4 is 11.4 Å². The third kappa shape index (κ3) is 4.37. The Labute approximate surface area is 132 Å². The second-order valence-corrected chi connectivity index (χ2v) is 7.71. The van der Waals surface area contributed by atoms with Crippen molar-refractivity contribution < 1.29 is 28.8 Å². The number of aliphatic hydroxyl groups excluding tert-OH is 1. The highest BCUT2D eigenvalue weighted by molar-refractivity contribution is 7.56. The molecule has 1 aliphatic heterocycles. The van der Waals surface area contributed by atoms with Gasteiger partial charge >= 0.3 is 5.69 Å². The quantitative estimate of drug-likeness (QED) is 0.549. The van der Waals surface area contributed by atoms with E-state index in [4.69, 9.17) is 19.9 Å². The summed E-state index contributed by atoms with van der Waals surface area (Å²) in [5.74, 6) is 0.0697. The van der Waals surface area contributed by atoms with Gasteiger partial charge in [0.2, 0.25) is 7.37 Å². The molecule has 0 saturated carbocycles. The molecule has 1 aromatic rings. The molecule has 2 heterocycles. The topological polar surface area (TPSA) is 146 Å². The molecule has 2 unspecified atom stereocenters. The van der Waals surface area contributed by atoms with Crippen molar-refractivity contribution in [2.24, 2.45) is 0 Å². The summed E-state index contributed by atoms with van der Waals surface area (Å²) in [6.07, 6.45) is -2.59. The monoisotopic (exact) mass is 349 g/mol. The van der Waals surface area contributed by atoms with Crippen LogP contribution in [0.2, 0.25) is 0 Å². The average molecular weight is 349 g/mol. The minimum absolute atomic E-state index is 0.0697. The Morgan fingerprint density at radius 3 is 2.83 bits per heavy atom. The van der Waals surface area contributed by atoms with E-state index in [0.717, 1.165) is 4.57 Å². The normalized spacial score (nSPS) is 30.3. The van der Waals surface area contributed by atoms with Crippen molar-refractivity contribution in [3.63, 3.8) is 0 Å². The van der Waals surface area contributed by atoms with Crippen molar-refractivity contribution in [1.82, 2.24) is 9.55 Å². The van der Waals surface area contributed by atoms with Gasteiger partial charge in [0.1, 0.15) is 30.5 Å². The molecular formula is C12H20N3O7P. The van der Waals surface area contributed by atoms with E-state index in [1.807, 2.05) is 0 Å². The van der Waals surface area contributed by atoms with E-state index in [0.29, 0.717) is 0 Å².